The highest BCUT2D eigenvalue weighted by Crippen LogP contribution is 2.35. The van der Waals surface area contributed by atoms with Gasteiger partial charge in [-0.05, 0) is 58.8 Å². The maximum absolute atomic E-state index is 13.0. The number of thioether (sulfide) groups is 1. The Morgan fingerprint density at radius 3 is 2.48 bits per heavy atom. The minimum Gasteiger partial charge on any atom is -0.489 e. The van der Waals surface area contributed by atoms with Crippen molar-refractivity contribution in [3.05, 3.63) is 132 Å². The molecule has 0 spiro atoms. The summed E-state index contributed by atoms with van der Waals surface area (Å²) in [5.41, 5.74) is 4.57. The molecular formula is C33H25N3O2S2. The summed E-state index contributed by atoms with van der Waals surface area (Å²) in [6.45, 7) is 4.60. The second kappa shape index (κ2) is 11.3. The van der Waals surface area contributed by atoms with Crippen LogP contribution in [-0.4, -0.2) is 31.5 Å². The Labute approximate surface area is 242 Å². The van der Waals surface area contributed by atoms with Crippen molar-refractivity contribution < 1.29 is 9.53 Å². The molecule has 0 radical (unpaired) electrons. The molecule has 0 saturated carbocycles. The second-order valence-electron chi connectivity index (χ2n) is 9.25. The van der Waals surface area contributed by atoms with Gasteiger partial charge in [-0.1, -0.05) is 90.7 Å². The Kier molecular flexibility index (Phi) is 7.31. The minimum atomic E-state index is -0.120. The average molecular weight is 560 g/mol. The maximum atomic E-state index is 13.0. The lowest BCUT2D eigenvalue weighted by Crippen LogP contribution is -2.27. The van der Waals surface area contributed by atoms with Gasteiger partial charge in [-0.3, -0.25) is 9.69 Å². The number of para-hydroxylation sites is 1. The van der Waals surface area contributed by atoms with Crippen LogP contribution in [0.25, 0.3) is 33.8 Å². The van der Waals surface area contributed by atoms with Gasteiger partial charge in [-0.15, -0.1) is 6.58 Å². The number of thiocarbonyl (C=S) groups is 1. The fourth-order valence-electron chi connectivity index (χ4n) is 4.65. The summed E-state index contributed by atoms with van der Waals surface area (Å²) < 4.78 is 8.51. The van der Waals surface area contributed by atoms with Crippen molar-refractivity contribution in [2.24, 2.45) is 0 Å². The highest BCUT2D eigenvalue weighted by molar-refractivity contribution is 8.26. The van der Waals surface area contributed by atoms with Crippen molar-refractivity contribution in [3.8, 4) is 22.7 Å². The van der Waals surface area contributed by atoms with Crippen molar-refractivity contribution in [2.75, 3.05) is 6.54 Å². The van der Waals surface area contributed by atoms with Gasteiger partial charge in [0.15, 0.2) is 0 Å². The molecule has 0 unspecified atom stereocenters. The number of amides is 1. The lowest BCUT2D eigenvalue weighted by Gasteiger charge is -2.10. The van der Waals surface area contributed by atoms with Gasteiger partial charge >= 0.3 is 0 Å². The first-order valence-corrected chi connectivity index (χ1v) is 14.0. The molecule has 2 heterocycles. The third-order valence-corrected chi connectivity index (χ3v) is 8.01. The second-order valence-corrected chi connectivity index (χ2v) is 10.9. The number of fused-ring (bicyclic) bond motifs is 1. The monoisotopic (exact) mass is 559 g/mol. The number of carbonyl (C=O) groups excluding carboxylic acids is 1. The Bertz CT molecular complexity index is 1750. The van der Waals surface area contributed by atoms with E-state index in [0.29, 0.717) is 22.4 Å². The van der Waals surface area contributed by atoms with E-state index in [2.05, 4.69) is 36.9 Å². The van der Waals surface area contributed by atoms with Crippen LogP contribution in [0.1, 0.15) is 11.1 Å². The smallest absolute Gasteiger partial charge is 0.266 e. The van der Waals surface area contributed by atoms with Crippen molar-refractivity contribution in [1.29, 1.82) is 0 Å². The largest absolute Gasteiger partial charge is 0.489 e. The number of benzene rings is 4. The van der Waals surface area contributed by atoms with Gasteiger partial charge in [0, 0.05) is 23.9 Å². The molecule has 1 aliphatic heterocycles. The molecule has 0 bridgehead atoms. The van der Waals surface area contributed by atoms with E-state index in [-0.39, 0.29) is 5.91 Å². The zero-order valence-corrected chi connectivity index (χ0v) is 23.2. The van der Waals surface area contributed by atoms with E-state index in [1.807, 2.05) is 83.7 Å². The molecule has 5 nitrogen and oxygen atoms in total. The van der Waals surface area contributed by atoms with Gasteiger partial charge in [-0.25, -0.2) is 4.68 Å². The van der Waals surface area contributed by atoms with E-state index >= 15 is 0 Å². The molecule has 1 fully saturated rings. The molecule has 5 aromatic rings. The highest BCUT2D eigenvalue weighted by Gasteiger charge is 2.31. The number of ether oxygens (including phenoxy) is 1. The third-order valence-electron chi connectivity index (χ3n) is 6.64. The van der Waals surface area contributed by atoms with E-state index in [4.69, 9.17) is 22.1 Å². The molecule has 1 aliphatic rings. The normalized spacial score (nSPS) is 14.3. The Morgan fingerprint density at radius 2 is 1.68 bits per heavy atom. The van der Waals surface area contributed by atoms with Gasteiger partial charge in [0.05, 0.1) is 16.3 Å². The number of rotatable bonds is 8. The Hall–Kier alpha value is -4.46. The molecule has 0 aliphatic carbocycles. The fraction of sp³-hybridized carbons (Fsp3) is 0.0606. The number of carbonyl (C=O) groups is 1. The molecule has 0 atom stereocenters. The van der Waals surface area contributed by atoms with Crippen molar-refractivity contribution in [1.82, 2.24) is 14.7 Å². The van der Waals surface area contributed by atoms with Crippen LogP contribution < -0.4 is 4.74 Å². The molecule has 6 rings (SSSR count). The first-order valence-electron chi connectivity index (χ1n) is 12.8. The fourth-order valence-corrected chi connectivity index (χ4v) is 5.91. The quantitative estimate of drug-likeness (QED) is 0.111. The van der Waals surface area contributed by atoms with Crippen LogP contribution in [-0.2, 0) is 11.4 Å². The molecule has 0 N–H and O–H groups in total. The van der Waals surface area contributed by atoms with E-state index in [9.17, 15) is 4.79 Å². The first-order chi connectivity index (χ1) is 19.6. The van der Waals surface area contributed by atoms with Crippen LogP contribution in [0, 0.1) is 0 Å². The number of hydrogen-bond acceptors (Lipinski definition) is 5. The van der Waals surface area contributed by atoms with Crippen molar-refractivity contribution >= 4 is 51.1 Å². The molecule has 1 aromatic heterocycles. The topological polar surface area (TPSA) is 47.4 Å². The summed E-state index contributed by atoms with van der Waals surface area (Å²) >= 11 is 6.73. The van der Waals surface area contributed by atoms with E-state index in [0.717, 1.165) is 33.8 Å². The number of aromatic nitrogens is 2. The van der Waals surface area contributed by atoms with Gasteiger partial charge in [-0.2, -0.15) is 5.10 Å². The summed E-state index contributed by atoms with van der Waals surface area (Å²) in [6, 6.07) is 32.4. The molecule has 4 aromatic carbocycles. The lowest BCUT2D eigenvalue weighted by atomic mass is 10.1. The van der Waals surface area contributed by atoms with Crippen LogP contribution in [0.15, 0.2) is 121 Å². The van der Waals surface area contributed by atoms with Gasteiger partial charge < -0.3 is 4.74 Å². The van der Waals surface area contributed by atoms with Crippen LogP contribution in [0.5, 0.6) is 5.75 Å². The predicted molar refractivity (Wildman–Crippen MR) is 167 cm³/mol. The first kappa shape index (κ1) is 25.8. The highest BCUT2D eigenvalue weighted by atomic mass is 32.2. The summed E-state index contributed by atoms with van der Waals surface area (Å²) in [5, 5.41) is 7.28. The lowest BCUT2D eigenvalue weighted by molar-refractivity contribution is -0.121. The van der Waals surface area contributed by atoms with Crippen LogP contribution in [0.4, 0.5) is 0 Å². The number of nitrogens with zero attached hydrogens (tertiary/aromatic N) is 3. The van der Waals surface area contributed by atoms with Gasteiger partial charge in [0.1, 0.15) is 16.7 Å². The molecule has 40 heavy (non-hydrogen) atoms. The third kappa shape index (κ3) is 5.21. The number of hydrogen-bond donors (Lipinski definition) is 0. The van der Waals surface area contributed by atoms with Crippen LogP contribution >= 0.6 is 24.0 Å². The van der Waals surface area contributed by atoms with Crippen molar-refractivity contribution in [3.63, 3.8) is 0 Å². The molecule has 1 saturated heterocycles. The predicted octanol–water partition coefficient (Wildman–Crippen LogP) is 7.66. The SMILES string of the molecule is C=CCN1C(=O)C(=Cc2cn(-c3ccccc3)nc2-c2ccc(OCc3cccc4ccccc34)cc2)SC1=S. The Balaban J connectivity index is 1.30. The van der Waals surface area contributed by atoms with Gasteiger partial charge in [0.2, 0.25) is 0 Å². The summed E-state index contributed by atoms with van der Waals surface area (Å²) in [6.07, 6.45) is 5.49. The van der Waals surface area contributed by atoms with Gasteiger partial charge in [0.25, 0.3) is 5.91 Å². The molecule has 7 heteroatoms. The zero-order chi connectivity index (χ0) is 27.5. The molecular weight excluding hydrogens is 535 g/mol. The molecule has 196 valence electrons. The van der Waals surface area contributed by atoms with Crippen LogP contribution in [0.2, 0.25) is 0 Å². The van der Waals surface area contributed by atoms with Crippen molar-refractivity contribution in [2.45, 2.75) is 6.61 Å². The average Bonchev–Trinajstić information content (AvgIpc) is 3.53. The van der Waals surface area contributed by atoms with Crippen LogP contribution in [0.3, 0.4) is 0 Å². The molecule has 1 amide bonds. The summed E-state index contributed by atoms with van der Waals surface area (Å²) in [4.78, 5) is 15.1. The zero-order valence-electron chi connectivity index (χ0n) is 21.6. The van der Waals surface area contributed by atoms with E-state index in [1.165, 1.54) is 22.5 Å². The maximum Gasteiger partial charge on any atom is 0.266 e. The van der Waals surface area contributed by atoms with E-state index in [1.54, 1.807) is 11.0 Å². The summed E-state index contributed by atoms with van der Waals surface area (Å²) in [5.74, 6) is 0.650. The Morgan fingerprint density at radius 1 is 0.925 bits per heavy atom. The van der Waals surface area contributed by atoms with E-state index < -0.39 is 0 Å². The summed E-state index contributed by atoms with van der Waals surface area (Å²) in [7, 11) is 0. The minimum absolute atomic E-state index is 0.120. The standard InChI is InChI=1S/C33H25N3O2S2/c1-2-19-35-32(37)30(40-33(35)39)20-26-21-36(27-12-4-3-5-13-27)34-31(26)24-15-17-28(18-16-24)38-22-25-11-8-10-23-9-6-7-14-29(23)25/h2-18,20-21H,1,19,22H2.